The number of nitrogens with zero attached hydrogens (tertiary/aromatic N) is 1. The molecule has 0 spiro atoms. The molecule has 2 aliphatic carbocycles. The maximum absolute atomic E-state index is 14.4. The molecule has 30 heavy (non-hydrogen) atoms. The summed E-state index contributed by atoms with van der Waals surface area (Å²) in [4.78, 5) is 4.15. The van der Waals surface area contributed by atoms with Gasteiger partial charge in [0.25, 0.3) is 0 Å². The topological polar surface area (TPSA) is 22.1 Å². The van der Waals surface area contributed by atoms with Gasteiger partial charge in [-0.15, -0.1) is 11.3 Å². The first-order valence-corrected chi connectivity index (χ1v) is 16.0. The predicted octanol–water partition coefficient (Wildman–Crippen LogP) is 8.57. The molecule has 0 saturated heterocycles. The molecular formula is C25H44FNOSSi. The quantitative estimate of drug-likeness (QED) is 0.313. The van der Waals surface area contributed by atoms with E-state index in [1.165, 1.54) is 61.6 Å². The second-order valence-corrected chi connectivity index (χ2v) is 16.0. The lowest BCUT2D eigenvalue weighted by atomic mass is 9.61. The average Bonchev–Trinajstić information content (AvgIpc) is 3.40. The molecule has 5 heteroatoms. The van der Waals surface area contributed by atoms with Crippen molar-refractivity contribution < 1.29 is 8.82 Å². The highest BCUT2D eigenvalue weighted by atomic mass is 32.1. The number of rotatable bonds is 11. The van der Waals surface area contributed by atoms with Crippen molar-refractivity contribution in [2.75, 3.05) is 0 Å². The molecule has 0 aliphatic heterocycles. The zero-order valence-electron chi connectivity index (χ0n) is 20.0. The zero-order valence-corrected chi connectivity index (χ0v) is 21.8. The largest absolute Gasteiger partial charge is 0.414 e. The lowest BCUT2D eigenvalue weighted by Gasteiger charge is -2.49. The van der Waals surface area contributed by atoms with Crippen molar-refractivity contribution >= 4 is 19.7 Å². The van der Waals surface area contributed by atoms with E-state index in [0.29, 0.717) is 28.9 Å². The summed E-state index contributed by atoms with van der Waals surface area (Å²) in [6.45, 7) is 12.1. The van der Waals surface area contributed by atoms with Crippen LogP contribution in [-0.2, 0) is 4.43 Å². The summed E-state index contributed by atoms with van der Waals surface area (Å²) in [6.07, 6.45) is 10.7. The van der Waals surface area contributed by atoms with Crippen LogP contribution in [0.15, 0.2) is 11.6 Å². The van der Waals surface area contributed by atoms with Crippen LogP contribution in [0.2, 0.25) is 18.1 Å². The fourth-order valence-corrected chi connectivity index (χ4v) is 10.5. The average molecular weight is 454 g/mol. The SMILES string of the molecule is CC[Si](CC)(CC)O[C@H]1CCC[C@]2(C)[C@@H](C(C)CCCC(F)c3nccs3)CC[C@@H]12. The first-order chi connectivity index (χ1) is 14.4. The molecule has 2 fully saturated rings. The zero-order chi connectivity index (χ0) is 21.8. The summed E-state index contributed by atoms with van der Waals surface area (Å²) in [5.41, 5.74) is 0.419. The van der Waals surface area contributed by atoms with Gasteiger partial charge in [-0.25, -0.2) is 9.37 Å². The Balaban J connectivity index is 1.58. The van der Waals surface area contributed by atoms with Crippen LogP contribution in [0, 0.1) is 23.2 Å². The number of fused-ring (bicyclic) bond motifs is 1. The van der Waals surface area contributed by atoms with E-state index in [2.05, 4.69) is 39.6 Å². The molecule has 0 N–H and O–H groups in total. The van der Waals surface area contributed by atoms with Gasteiger partial charge >= 0.3 is 0 Å². The van der Waals surface area contributed by atoms with Gasteiger partial charge in [-0.2, -0.15) is 0 Å². The molecule has 6 atom stereocenters. The highest BCUT2D eigenvalue weighted by Crippen LogP contribution is 2.59. The van der Waals surface area contributed by atoms with Crippen LogP contribution in [0.1, 0.15) is 97.2 Å². The maximum Gasteiger partial charge on any atom is 0.192 e. The van der Waals surface area contributed by atoms with E-state index in [1.807, 2.05) is 5.38 Å². The highest BCUT2D eigenvalue weighted by Gasteiger charge is 2.53. The standard InChI is InChI=1S/C25H44FNOSSi/c1-6-30(7-2,8-3)28-23-13-10-16-25(5)20(14-15-21(23)25)19(4)11-9-12-22(26)24-27-17-18-29-24/h17-23H,6-16H2,1-5H3/t19?,20-,21+,22?,23+,25-/m1/s1. The van der Waals surface area contributed by atoms with Crippen LogP contribution < -0.4 is 0 Å². The van der Waals surface area contributed by atoms with Crippen molar-refractivity contribution in [3.8, 4) is 0 Å². The minimum absolute atomic E-state index is 0.419. The van der Waals surface area contributed by atoms with Crippen LogP contribution in [0.5, 0.6) is 0 Å². The third-order valence-electron chi connectivity index (χ3n) is 8.99. The van der Waals surface area contributed by atoms with Crippen LogP contribution in [0.3, 0.4) is 0 Å². The molecule has 0 aromatic carbocycles. The Labute approximate surface area is 189 Å². The molecule has 0 radical (unpaired) electrons. The van der Waals surface area contributed by atoms with Crippen molar-refractivity contribution in [3.05, 3.63) is 16.6 Å². The summed E-state index contributed by atoms with van der Waals surface area (Å²) < 4.78 is 21.5. The van der Waals surface area contributed by atoms with Crippen LogP contribution in [-0.4, -0.2) is 19.4 Å². The molecular weight excluding hydrogens is 409 g/mol. The summed E-state index contributed by atoms with van der Waals surface area (Å²) in [7, 11) is -1.55. The predicted molar refractivity (Wildman–Crippen MR) is 129 cm³/mol. The molecule has 2 nitrogen and oxygen atoms in total. The smallest absolute Gasteiger partial charge is 0.192 e. The van der Waals surface area contributed by atoms with Crippen molar-refractivity contribution in [2.24, 2.45) is 23.2 Å². The number of hydrogen-bond donors (Lipinski definition) is 0. The van der Waals surface area contributed by atoms with Gasteiger partial charge in [-0.1, -0.05) is 47.5 Å². The van der Waals surface area contributed by atoms with Crippen LogP contribution in [0.25, 0.3) is 0 Å². The van der Waals surface area contributed by atoms with Gasteiger partial charge in [0, 0.05) is 17.7 Å². The Morgan fingerprint density at radius 3 is 2.57 bits per heavy atom. The van der Waals surface area contributed by atoms with E-state index in [-0.39, 0.29) is 0 Å². The van der Waals surface area contributed by atoms with Gasteiger partial charge in [0.05, 0.1) is 0 Å². The summed E-state index contributed by atoms with van der Waals surface area (Å²) in [5, 5.41) is 2.52. The fourth-order valence-electron chi connectivity index (χ4n) is 6.89. The Bertz CT molecular complexity index is 629. The van der Waals surface area contributed by atoms with Gasteiger partial charge in [-0.3, -0.25) is 0 Å². The maximum atomic E-state index is 14.4. The monoisotopic (exact) mass is 453 g/mol. The fraction of sp³-hybridized carbons (Fsp3) is 0.880. The molecule has 2 unspecified atom stereocenters. The minimum Gasteiger partial charge on any atom is -0.414 e. The van der Waals surface area contributed by atoms with Crippen molar-refractivity contribution in [2.45, 2.75) is 116 Å². The third kappa shape index (κ3) is 5.04. The van der Waals surface area contributed by atoms with Crippen molar-refractivity contribution in [1.29, 1.82) is 0 Å². The first-order valence-electron chi connectivity index (χ1n) is 12.6. The number of halogens is 1. The molecule has 172 valence electrons. The number of alkyl halides is 1. The molecule has 3 rings (SSSR count). The van der Waals surface area contributed by atoms with Gasteiger partial charge in [0.2, 0.25) is 0 Å². The second-order valence-electron chi connectivity index (χ2n) is 10.3. The van der Waals surface area contributed by atoms with Gasteiger partial charge in [0.15, 0.2) is 14.5 Å². The van der Waals surface area contributed by atoms with E-state index in [1.54, 1.807) is 6.20 Å². The van der Waals surface area contributed by atoms with Gasteiger partial charge in [0.1, 0.15) is 5.01 Å². The second kappa shape index (κ2) is 10.6. The molecule has 1 aromatic heterocycles. The van der Waals surface area contributed by atoms with Gasteiger partial charge in [-0.05, 0) is 79.8 Å². The molecule has 0 bridgehead atoms. The first kappa shape index (κ1) is 24.4. The number of thiazole rings is 1. The lowest BCUT2D eigenvalue weighted by molar-refractivity contribution is -0.0204. The number of hydrogen-bond acceptors (Lipinski definition) is 3. The number of aromatic nitrogens is 1. The molecule has 0 amide bonds. The van der Waals surface area contributed by atoms with Crippen LogP contribution in [0.4, 0.5) is 4.39 Å². The molecule has 1 aromatic rings. The van der Waals surface area contributed by atoms with E-state index >= 15 is 0 Å². The third-order valence-corrected chi connectivity index (χ3v) is 14.5. The molecule has 1 heterocycles. The summed E-state index contributed by atoms with van der Waals surface area (Å²) in [5.74, 6) is 2.18. The summed E-state index contributed by atoms with van der Waals surface area (Å²) >= 11 is 1.44. The van der Waals surface area contributed by atoms with Crippen molar-refractivity contribution in [1.82, 2.24) is 4.98 Å². The Kier molecular flexibility index (Phi) is 8.59. The van der Waals surface area contributed by atoms with E-state index in [0.717, 1.165) is 24.7 Å². The highest BCUT2D eigenvalue weighted by molar-refractivity contribution is 7.09. The Morgan fingerprint density at radius 2 is 1.93 bits per heavy atom. The Morgan fingerprint density at radius 1 is 1.20 bits per heavy atom. The molecule has 2 saturated carbocycles. The Hall–Kier alpha value is -0.263. The lowest BCUT2D eigenvalue weighted by Crippen LogP contribution is -2.48. The van der Waals surface area contributed by atoms with Crippen molar-refractivity contribution in [3.63, 3.8) is 0 Å². The summed E-state index contributed by atoms with van der Waals surface area (Å²) in [6, 6.07) is 3.76. The van der Waals surface area contributed by atoms with E-state index in [4.69, 9.17) is 4.43 Å². The minimum atomic E-state index is -1.55. The normalized spacial score (nSPS) is 31.5. The van der Waals surface area contributed by atoms with E-state index in [9.17, 15) is 4.39 Å². The van der Waals surface area contributed by atoms with Gasteiger partial charge < -0.3 is 4.43 Å². The van der Waals surface area contributed by atoms with Crippen LogP contribution >= 0.6 is 11.3 Å². The van der Waals surface area contributed by atoms with E-state index < -0.39 is 14.5 Å². The molecule has 2 aliphatic rings.